The fourth-order valence-corrected chi connectivity index (χ4v) is 8.18. The van der Waals surface area contributed by atoms with Gasteiger partial charge in [-0.3, -0.25) is 4.79 Å². The van der Waals surface area contributed by atoms with E-state index >= 15 is 0 Å². The lowest BCUT2D eigenvalue weighted by Crippen LogP contribution is -2.60. The number of hydrogen-bond donors (Lipinski definition) is 2. The van der Waals surface area contributed by atoms with Crippen molar-refractivity contribution >= 4 is 17.6 Å². The van der Waals surface area contributed by atoms with E-state index in [4.69, 9.17) is 0 Å². The van der Waals surface area contributed by atoms with E-state index in [0.29, 0.717) is 23.8 Å². The number of aryl methyl sites for hydroxylation is 1. The van der Waals surface area contributed by atoms with E-state index in [2.05, 4.69) is 50.5 Å². The molecule has 0 spiro atoms. The summed E-state index contributed by atoms with van der Waals surface area (Å²) in [6.07, 6.45) is 10.9. The van der Waals surface area contributed by atoms with Gasteiger partial charge in [-0.1, -0.05) is 32.1 Å². The lowest BCUT2D eigenvalue weighted by atomic mass is 9.48. The van der Waals surface area contributed by atoms with Gasteiger partial charge in [0, 0.05) is 30.2 Å². The van der Waals surface area contributed by atoms with Gasteiger partial charge in [-0.25, -0.2) is 4.79 Å². The summed E-state index contributed by atoms with van der Waals surface area (Å²) in [5.41, 5.74) is 3.41. The standard InChI is InChI=1S/C28H39N3O2/c1-17-7-6-8-22(18(17)2)29-26(33)30-23-11-10-20-19-9-12-24-28(4,16-14-25(32)31(24)5)21(19)13-15-27(20,23)3/h6-8,14,16,19-21,23-24H,9-13,15H2,1-5H3,(H2,29,30,33)/t19?,20?,21?,23-,24+,27-,28+/m0/s1. The van der Waals surface area contributed by atoms with Crippen molar-refractivity contribution in [3.8, 4) is 0 Å². The molecule has 5 heteroatoms. The predicted molar refractivity (Wildman–Crippen MR) is 132 cm³/mol. The number of hydrogen-bond acceptors (Lipinski definition) is 2. The van der Waals surface area contributed by atoms with Gasteiger partial charge in [0.25, 0.3) is 0 Å². The second-order valence-electron chi connectivity index (χ2n) is 11.6. The van der Waals surface area contributed by atoms with Crippen molar-refractivity contribution in [2.24, 2.45) is 28.6 Å². The molecule has 5 nitrogen and oxygen atoms in total. The fourth-order valence-electron chi connectivity index (χ4n) is 8.18. The zero-order chi connectivity index (χ0) is 23.5. The zero-order valence-corrected chi connectivity index (χ0v) is 20.8. The molecule has 3 aliphatic carbocycles. The van der Waals surface area contributed by atoms with Crippen LogP contribution in [0.3, 0.4) is 0 Å². The Bertz CT molecular complexity index is 1000. The van der Waals surface area contributed by atoms with Crippen LogP contribution < -0.4 is 10.6 Å². The summed E-state index contributed by atoms with van der Waals surface area (Å²) in [5.74, 6) is 2.07. The SMILES string of the molecule is Cc1cccc(NC(=O)N[C@H]2CCC3C4CC[C@H]5N(C)C(=O)C=C[C@]5(C)C4CC[C@@]32C)c1C. The Labute approximate surface area is 198 Å². The van der Waals surface area contributed by atoms with Crippen LogP contribution in [0.1, 0.15) is 63.5 Å². The second-order valence-corrected chi connectivity index (χ2v) is 11.6. The quantitative estimate of drug-likeness (QED) is 0.632. The van der Waals surface area contributed by atoms with Crippen LogP contribution in [0, 0.1) is 42.4 Å². The molecule has 1 heterocycles. The molecule has 3 saturated carbocycles. The molecule has 7 atom stereocenters. The number of carbonyl (C=O) groups excluding carboxylic acids is 2. The Balaban J connectivity index is 1.32. The molecule has 1 aromatic rings. The molecule has 5 rings (SSSR count). The molecule has 2 N–H and O–H groups in total. The summed E-state index contributed by atoms with van der Waals surface area (Å²) in [6.45, 7) is 8.94. The highest BCUT2D eigenvalue weighted by Gasteiger charge is 2.60. The maximum Gasteiger partial charge on any atom is 0.319 e. The number of urea groups is 1. The van der Waals surface area contributed by atoms with E-state index < -0.39 is 0 Å². The van der Waals surface area contributed by atoms with Crippen LogP contribution in [-0.2, 0) is 4.79 Å². The average molecular weight is 450 g/mol. The van der Waals surface area contributed by atoms with E-state index in [1.807, 2.05) is 30.2 Å². The minimum atomic E-state index is -0.0799. The van der Waals surface area contributed by atoms with Crippen molar-refractivity contribution in [3.63, 3.8) is 0 Å². The molecule has 0 radical (unpaired) electrons. The number of anilines is 1. The van der Waals surface area contributed by atoms with Crippen molar-refractivity contribution in [2.75, 3.05) is 12.4 Å². The van der Waals surface area contributed by atoms with E-state index in [-0.39, 0.29) is 28.8 Å². The molecule has 1 aliphatic heterocycles. The molecule has 3 unspecified atom stereocenters. The topological polar surface area (TPSA) is 61.4 Å². The first-order valence-electron chi connectivity index (χ1n) is 12.7. The maximum atomic E-state index is 13.0. The lowest BCUT2D eigenvalue weighted by molar-refractivity contribution is -0.138. The lowest BCUT2D eigenvalue weighted by Gasteiger charge is -2.60. The number of benzene rings is 1. The van der Waals surface area contributed by atoms with Gasteiger partial charge in [0.2, 0.25) is 5.91 Å². The Morgan fingerprint density at radius 2 is 1.85 bits per heavy atom. The number of fused-ring (bicyclic) bond motifs is 5. The molecule has 3 fully saturated rings. The zero-order valence-electron chi connectivity index (χ0n) is 20.8. The van der Waals surface area contributed by atoms with Crippen LogP contribution in [0.5, 0.6) is 0 Å². The highest BCUT2D eigenvalue weighted by Crippen LogP contribution is 2.63. The van der Waals surface area contributed by atoms with Gasteiger partial charge in [-0.2, -0.15) is 0 Å². The molecule has 0 aromatic heterocycles. The number of nitrogens with one attached hydrogen (secondary N) is 2. The summed E-state index contributed by atoms with van der Waals surface area (Å²) < 4.78 is 0. The van der Waals surface area contributed by atoms with E-state index in [1.165, 1.54) is 24.8 Å². The van der Waals surface area contributed by atoms with Crippen LogP contribution in [0.4, 0.5) is 10.5 Å². The van der Waals surface area contributed by atoms with Gasteiger partial charge in [0.05, 0.1) is 0 Å². The summed E-state index contributed by atoms with van der Waals surface area (Å²) in [7, 11) is 1.98. The van der Waals surface area contributed by atoms with Crippen molar-refractivity contribution < 1.29 is 9.59 Å². The van der Waals surface area contributed by atoms with Crippen LogP contribution >= 0.6 is 0 Å². The van der Waals surface area contributed by atoms with Crippen molar-refractivity contribution in [1.29, 1.82) is 0 Å². The molecular formula is C28H39N3O2. The van der Waals surface area contributed by atoms with Crippen LogP contribution in [0.15, 0.2) is 30.4 Å². The van der Waals surface area contributed by atoms with E-state index in [1.54, 1.807) is 0 Å². The van der Waals surface area contributed by atoms with Gasteiger partial charge in [-0.15, -0.1) is 0 Å². The van der Waals surface area contributed by atoms with Crippen LogP contribution in [-0.4, -0.2) is 36.0 Å². The minimum absolute atomic E-state index is 0.0679. The third-order valence-corrected chi connectivity index (χ3v) is 10.3. The summed E-state index contributed by atoms with van der Waals surface area (Å²) >= 11 is 0. The van der Waals surface area contributed by atoms with Gasteiger partial charge < -0.3 is 15.5 Å². The number of carbonyl (C=O) groups is 2. The Kier molecular flexibility index (Phi) is 5.37. The monoisotopic (exact) mass is 449 g/mol. The highest BCUT2D eigenvalue weighted by atomic mass is 16.2. The Morgan fingerprint density at radius 3 is 2.64 bits per heavy atom. The molecule has 0 bridgehead atoms. The first-order chi connectivity index (χ1) is 15.6. The molecule has 3 amide bonds. The van der Waals surface area contributed by atoms with E-state index in [0.717, 1.165) is 30.5 Å². The van der Waals surface area contributed by atoms with Gasteiger partial charge >= 0.3 is 6.03 Å². The van der Waals surface area contributed by atoms with Crippen molar-refractivity contribution in [3.05, 3.63) is 41.5 Å². The number of amides is 3. The van der Waals surface area contributed by atoms with Gasteiger partial charge in [0.1, 0.15) is 0 Å². The summed E-state index contributed by atoms with van der Waals surface area (Å²) in [6, 6.07) is 6.50. The van der Waals surface area contributed by atoms with Crippen LogP contribution in [0.25, 0.3) is 0 Å². The van der Waals surface area contributed by atoms with Crippen molar-refractivity contribution in [2.45, 2.75) is 78.3 Å². The largest absolute Gasteiger partial charge is 0.338 e. The smallest absolute Gasteiger partial charge is 0.319 e. The fraction of sp³-hybridized carbons (Fsp3) is 0.643. The first kappa shape index (κ1) is 22.5. The highest BCUT2D eigenvalue weighted by molar-refractivity contribution is 5.90. The maximum absolute atomic E-state index is 13.0. The minimum Gasteiger partial charge on any atom is -0.338 e. The third-order valence-electron chi connectivity index (χ3n) is 10.3. The van der Waals surface area contributed by atoms with Gasteiger partial charge in [-0.05, 0) is 98.8 Å². The summed E-state index contributed by atoms with van der Waals surface area (Å²) in [5, 5.41) is 6.47. The molecule has 33 heavy (non-hydrogen) atoms. The van der Waals surface area contributed by atoms with Crippen LogP contribution in [0.2, 0.25) is 0 Å². The third kappa shape index (κ3) is 3.41. The normalized spacial score (nSPS) is 39.5. The molecule has 4 aliphatic rings. The molecule has 1 aromatic carbocycles. The molecule has 178 valence electrons. The predicted octanol–water partition coefficient (Wildman–Crippen LogP) is 5.43. The number of nitrogens with zero attached hydrogens (tertiary/aromatic N) is 1. The van der Waals surface area contributed by atoms with E-state index in [9.17, 15) is 9.59 Å². The Hall–Kier alpha value is -2.30. The number of rotatable bonds is 2. The van der Waals surface area contributed by atoms with Gasteiger partial charge in [0.15, 0.2) is 0 Å². The second kappa shape index (κ2) is 7.89. The first-order valence-corrected chi connectivity index (χ1v) is 12.7. The Morgan fingerprint density at radius 1 is 1.06 bits per heavy atom. The summed E-state index contributed by atoms with van der Waals surface area (Å²) in [4.78, 5) is 27.2. The molecule has 0 saturated heterocycles. The van der Waals surface area contributed by atoms with Crippen molar-refractivity contribution in [1.82, 2.24) is 10.2 Å². The molecular weight excluding hydrogens is 410 g/mol. The average Bonchev–Trinajstić information content (AvgIpc) is 3.10. The number of likely N-dealkylation sites (N-methyl/N-ethyl adjacent to an activating group) is 1.